The Morgan fingerprint density at radius 3 is 2.88 bits per heavy atom. The number of fused-ring (bicyclic) bond motifs is 1. The Morgan fingerprint density at radius 1 is 1.28 bits per heavy atom. The van der Waals surface area contributed by atoms with Gasteiger partial charge in [-0.15, -0.1) is 11.3 Å². The van der Waals surface area contributed by atoms with Crippen LogP contribution < -0.4 is 20.1 Å². The van der Waals surface area contributed by atoms with Crippen LogP contribution in [0.15, 0.2) is 33.2 Å². The maximum atomic E-state index is 6.19. The van der Waals surface area contributed by atoms with Crippen molar-refractivity contribution in [3.63, 3.8) is 0 Å². The van der Waals surface area contributed by atoms with Gasteiger partial charge in [0.25, 0.3) is 0 Å². The van der Waals surface area contributed by atoms with E-state index in [1.165, 1.54) is 0 Å². The largest absolute Gasteiger partial charge is 0.454 e. The Morgan fingerprint density at radius 2 is 2.12 bits per heavy atom. The van der Waals surface area contributed by atoms with Gasteiger partial charge in [-0.2, -0.15) is 0 Å². The second-order valence-corrected chi connectivity index (χ2v) is 7.50. The molecule has 0 aliphatic carbocycles. The molecule has 132 valence electrons. The summed E-state index contributed by atoms with van der Waals surface area (Å²) >= 11 is 5.17. The molecule has 0 spiro atoms. The maximum absolute atomic E-state index is 6.19. The number of aromatic nitrogens is 1. The number of aliphatic imine (C=N–C) groups is 1. The number of halogens is 1. The van der Waals surface area contributed by atoms with E-state index in [2.05, 4.69) is 35.7 Å². The van der Waals surface area contributed by atoms with Crippen molar-refractivity contribution in [2.24, 2.45) is 10.7 Å². The lowest BCUT2D eigenvalue weighted by Gasteiger charge is -2.35. The van der Waals surface area contributed by atoms with Crippen LogP contribution >= 0.6 is 27.3 Å². The van der Waals surface area contributed by atoms with E-state index < -0.39 is 0 Å². The summed E-state index contributed by atoms with van der Waals surface area (Å²) in [6.45, 7) is 4.26. The highest BCUT2D eigenvalue weighted by molar-refractivity contribution is 9.10. The highest BCUT2D eigenvalue weighted by Gasteiger charge is 2.20. The molecule has 3 heterocycles. The van der Waals surface area contributed by atoms with E-state index in [1.54, 1.807) is 11.3 Å². The number of piperazine rings is 1. The molecule has 2 aliphatic heterocycles. The summed E-state index contributed by atoms with van der Waals surface area (Å²) in [5.41, 5.74) is 7.22. The summed E-state index contributed by atoms with van der Waals surface area (Å²) in [7, 11) is 0. The Hall–Kier alpha value is -2.00. The molecule has 1 aromatic heterocycles. The van der Waals surface area contributed by atoms with Crippen LogP contribution in [0.1, 0.15) is 5.56 Å². The zero-order chi connectivity index (χ0) is 17.2. The fraction of sp³-hybridized carbons (Fsp3) is 0.375. The number of nitrogens with zero attached hydrogens (tertiary/aromatic N) is 4. The van der Waals surface area contributed by atoms with Crippen molar-refractivity contribution in [1.82, 2.24) is 9.88 Å². The molecule has 2 aromatic rings. The molecule has 25 heavy (non-hydrogen) atoms. The molecule has 0 radical (unpaired) electrons. The first-order chi connectivity index (χ1) is 12.2. The van der Waals surface area contributed by atoms with Gasteiger partial charge in [0.05, 0.1) is 11.0 Å². The van der Waals surface area contributed by atoms with Crippen molar-refractivity contribution in [3.05, 3.63) is 33.7 Å². The number of guanidine groups is 1. The van der Waals surface area contributed by atoms with Crippen LogP contribution in [0, 0.1) is 0 Å². The molecule has 0 amide bonds. The number of hydrogen-bond donors (Lipinski definition) is 1. The number of thiazole rings is 1. The molecule has 1 saturated heterocycles. The number of nitrogens with two attached hydrogens (primary N) is 1. The Labute approximate surface area is 158 Å². The molecule has 4 rings (SSSR count). The van der Waals surface area contributed by atoms with Crippen molar-refractivity contribution < 1.29 is 9.47 Å². The van der Waals surface area contributed by atoms with Crippen LogP contribution in [0.5, 0.6) is 11.5 Å². The van der Waals surface area contributed by atoms with Crippen molar-refractivity contribution >= 4 is 38.4 Å². The molecule has 7 nitrogen and oxygen atoms in total. The quantitative estimate of drug-likeness (QED) is 0.602. The van der Waals surface area contributed by atoms with Gasteiger partial charge in [0, 0.05) is 37.8 Å². The van der Waals surface area contributed by atoms with Gasteiger partial charge in [-0.1, -0.05) is 0 Å². The highest BCUT2D eigenvalue weighted by Crippen LogP contribution is 2.40. The van der Waals surface area contributed by atoms with Gasteiger partial charge >= 0.3 is 0 Å². The van der Waals surface area contributed by atoms with Gasteiger partial charge in [0.1, 0.15) is 0 Å². The summed E-state index contributed by atoms with van der Waals surface area (Å²) in [6.07, 6.45) is 1.84. The molecule has 1 aromatic carbocycles. The van der Waals surface area contributed by atoms with Gasteiger partial charge in [0.2, 0.25) is 6.79 Å². The van der Waals surface area contributed by atoms with Crippen molar-refractivity contribution in [2.45, 2.75) is 6.54 Å². The first-order valence-corrected chi connectivity index (χ1v) is 9.65. The van der Waals surface area contributed by atoms with Crippen molar-refractivity contribution in [2.75, 3.05) is 37.9 Å². The van der Waals surface area contributed by atoms with E-state index in [9.17, 15) is 0 Å². The predicted octanol–water partition coefficient (Wildman–Crippen LogP) is 2.27. The SMILES string of the molecule is NC(=NCc1cc(Br)c2c(c1)OCO2)N1CCN(c2nccs2)CC1. The second-order valence-electron chi connectivity index (χ2n) is 5.77. The van der Waals surface area contributed by atoms with Crippen molar-refractivity contribution in [1.29, 1.82) is 0 Å². The molecular formula is C16H18BrN5O2S. The Balaban J connectivity index is 1.37. The fourth-order valence-electron chi connectivity index (χ4n) is 2.88. The second kappa shape index (κ2) is 7.09. The van der Waals surface area contributed by atoms with E-state index in [4.69, 9.17) is 15.2 Å². The number of benzene rings is 1. The Bertz CT molecular complexity index is 775. The van der Waals surface area contributed by atoms with E-state index in [1.807, 2.05) is 23.7 Å². The van der Waals surface area contributed by atoms with E-state index in [-0.39, 0.29) is 6.79 Å². The molecule has 9 heteroatoms. The normalized spacial score (nSPS) is 17.2. The van der Waals surface area contributed by atoms with Crippen LogP contribution in [-0.4, -0.2) is 48.8 Å². The molecule has 2 N–H and O–H groups in total. The molecule has 0 atom stereocenters. The predicted molar refractivity (Wildman–Crippen MR) is 101 cm³/mol. The minimum Gasteiger partial charge on any atom is -0.454 e. The van der Waals surface area contributed by atoms with Gasteiger partial charge < -0.3 is 25.0 Å². The van der Waals surface area contributed by atoms with Gasteiger partial charge in [-0.25, -0.2) is 9.98 Å². The van der Waals surface area contributed by atoms with Crippen LogP contribution in [0.25, 0.3) is 0 Å². The third-order valence-corrected chi connectivity index (χ3v) is 5.63. The maximum Gasteiger partial charge on any atom is 0.231 e. The topological polar surface area (TPSA) is 76.2 Å². The Kier molecular flexibility index (Phi) is 4.67. The molecule has 2 aliphatic rings. The van der Waals surface area contributed by atoms with Crippen LogP contribution in [0.3, 0.4) is 0 Å². The molecular weight excluding hydrogens is 406 g/mol. The fourth-order valence-corrected chi connectivity index (χ4v) is 4.18. The third-order valence-electron chi connectivity index (χ3n) is 4.20. The third kappa shape index (κ3) is 3.52. The minimum atomic E-state index is 0.256. The monoisotopic (exact) mass is 423 g/mol. The first-order valence-electron chi connectivity index (χ1n) is 7.98. The van der Waals surface area contributed by atoms with Crippen LogP contribution in [-0.2, 0) is 6.54 Å². The van der Waals surface area contributed by atoms with E-state index in [0.717, 1.165) is 52.8 Å². The summed E-state index contributed by atoms with van der Waals surface area (Å²) in [4.78, 5) is 13.3. The summed E-state index contributed by atoms with van der Waals surface area (Å²) in [5.74, 6) is 2.07. The van der Waals surface area contributed by atoms with Crippen molar-refractivity contribution in [3.8, 4) is 11.5 Å². The summed E-state index contributed by atoms with van der Waals surface area (Å²) in [5, 5.41) is 3.07. The van der Waals surface area contributed by atoms with Gasteiger partial charge in [-0.05, 0) is 33.6 Å². The number of ether oxygens (including phenoxy) is 2. The standard InChI is InChI=1S/C16H18BrN5O2S/c17-12-7-11(8-13-14(12)24-10-23-13)9-20-15(18)21-2-4-22(5-3-21)16-19-1-6-25-16/h1,6-8H,2-5,9-10H2,(H2,18,20). The molecule has 0 bridgehead atoms. The van der Waals surface area contributed by atoms with Gasteiger partial charge in [-0.3, -0.25) is 0 Å². The summed E-state index contributed by atoms with van der Waals surface area (Å²) < 4.78 is 11.7. The lowest BCUT2D eigenvalue weighted by atomic mass is 10.2. The highest BCUT2D eigenvalue weighted by atomic mass is 79.9. The van der Waals surface area contributed by atoms with E-state index in [0.29, 0.717) is 12.5 Å². The molecule has 0 unspecified atom stereocenters. The average Bonchev–Trinajstić information content (AvgIpc) is 3.31. The summed E-state index contributed by atoms with van der Waals surface area (Å²) in [6, 6.07) is 3.94. The zero-order valence-corrected chi connectivity index (χ0v) is 15.9. The van der Waals surface area contributed by atoms with Crippen LogP contribution in [0.2, 0.25) is 0 Å². The molecule has 0 saturated carbocycles. The lowest BCUT2D eigenvalue weighted by Crippen LogP contribution is -2.51. The molecule has 1 fully saturated rings. The van der Waals surface area contributed by atoms with Gasteiger partial charge in [0.15, 0.2) is 22.6 Å². The minimum absolute atomic E-state index is 0.256. The number of rotatable bonds is 3. The average molecular weight is 424 g/mol. The van der Waals surface area contributed by atoms with Crippen LogP contribution in [0.4, 0.5) is 5.13 Å². The van der Waals surface area contributed by atoms with E-state index >= 15 is 0 Å². The first kappa shape index (κ1) is 16.5. The zero-order valence-electron chi connectivity index (χ0n) is 13.5. The number of hydrogen-bond acceptors (Lipinski definition) is 6. The lowest BCUT2D eigenvalue weighted by molar-refractivity contribution is 0.173. The number of anilines is 1. The smallest absolute Gasteiger partial charge is 0.231 e.